The van der Waals surface area contributed by atoms with Gasteiger partial charge in [0.05, 0.1) is 19.2 Å². The molecule has 0 fully saturated rings. The van der Waals surface area contributed by atoms with Gasteiger partial charge < -0.3 is 15.0 Å². The standard InChI is InChI=1S/C15H14ClFN4O2/c1-23-11-3-2-10(17)15-9(11)6-14(22)21(15)5-4-18-13-7-12(16)19-8-20-13/h2-3,7-8H,4-6H2,1H3,(H,18,19,20). The fourth-order valence-electron chi connectivity index (χ4n) is 2.58. The molecule has 1 aromatic carbocycles. The van der Waals surface area contributed by atoms with E-state index in [2.05, 4.69) is 15.3 Å². The monoisotopic (exact) mass is 336 g/mol. The largest absolute Gasteiger partial charge is 0.496 e. The van der Waals surface area contributed by atoms with E-state index in [4.69, 9.17) is 16.3 Å². The number of rotatable bonds is 5. The summed E-state index contributed by atoms with van der Waals surface area (Å²) in [6.45, 7) is 0.701. The van der Waals surface area contributed by atoms with Crippen LogP contribution in [-0.2, 0) is 11.2 Å². The van der Waals surface area contributed by atoms with Crippen molar-refractivity contribution in [3.05, 3.63) is 41.1 Å². The van der Waals surface area contributed by atoms with Gasteiger partial charge >= 0.3 is 0 Å². The van der Waals surface area contributed by atoms with E-state index in [0.29, 0.717) is 35.4 Å². The third kappa shape index (κ3) is 3.05. The van der Waals surface area contributed by atoms with E-state index >= 15 is 0 Å². The van der Waals surface area contributed by atoms with Crippen molar-refractivity contribution in [2.24, 2.45) is 0 Å². The van der Waals surface area contributed by atoms with E-state index < -0.39 is 5.82 Å². The number of methoxy groups -OCH3 is 1. The molecule has 1 aliphatic heterocycles. The third-order valence-electron chi connectivity index (χ3n) is 3.58. The summed E-state index contributed by atoms with van der Waals surface area (Å²) in [4.78, 5) is 21.4. The molecule has 0 aliphatic carbocycles. The summed E-state index contributed by atoms with van der Waals surface area (Å²) in [5.74, 6) is 0.471. The number of nitrogens with one attached hydrogen (secondary N) is 1. The summed E-state index contributed by atoms with van der Waals surface area (Å²) in [6.07, 6.45) is 1.47. The Kier molecular flexibility index (Phi) is 4.29. The molecule has 1 aliphatic rings. The van der Waals surface area contributed by atoms with Gasteiger partial charge in [-0.1, -0.05) is 11.6 Å². The summed E-state index contributed by atoms with van der Waals surface area (Å²) in [7, 11) is 1.50. The zero-order chi connectivity index (χ0) is 16.4. The van der Waals surface area contributed by atoms with Crippen molar-refractivity contribution in [1.29, 1.82) is 0 Å². The van der Waals surface area contributed by atoms with Crippen molar-refractivity contribution in [1.82, 2.24) is 9.97 Å². The number of halogens is 2. The number of fused-ring (bicyclic) bond motifs is 1. The molecule has 0 saturated heterocycles. The van der Waals surface area contributed by atoms with E-state index in [1.807, 2.05) is 0 Å². The Morgan fingerprint density at radius 2 is 2.26 bits per heavy atom. The van der Waals surface area contributed by atoms with Crippen molar-refractivity contribution >= 4 is 29.0 Å². The van der Waals surface area contributed by atoms with Crippen LogP contribution in [0, 0.1) is 5.82 Å². The Hall–Kier alpha value is -2.41. The van der Waals surface area contributed by atoms with Crippen LogP contribution in [0.3, 0.4) is 0 Å². The first-order chi connectivity index (χ1) is 11.1. The Balaban J connectivity index is 1.74. The zero-order valence-corrected chi connectivity index (χ0v) is 13.1. The van der Waals surface area contributed by atoms with Crippen LogP contribution in [0.4, 0.5) is 15.9 Å². The topological polar surface area (TPSA) is 67.3 Å². The van der Waals surface area contributed by atoms with Gasteiger partial charge in [0.1, 0.15) is 28.9 Å². The Morgan fingerprint density at radius 3 is 3.00 bits per heavy atom. The molecule has 3 rings (SSSR count). The van der Waals surface area contributed by atoms with Crippen molar-refractivity contribution in [3.63, 3.8) is 0 Å². The van der Waals surface area contributed by atoms with E-state index in [-0.39, 0.29) is 18.0 Å². The number of anilines is 2. The zero-order valence-electron chi connectivity index (χ0n) is 12.3. The van der Waals surface area contributed by atoms with Gasteiger partial charge in [0.25, 0.3) is 0 Å². The maximum absolute atomic E-state index is 14.1. The first-order valence-corrected chi connectivity index (χ1v) is 7.35. The van der Waals surface area contributed by atoms with Gasteiger partial charge in [-0.25, -0.2) is 14.4 Å². The second-order valence-corrected chi connectivity index (χ2v) is 5.34. The molecule has 1 amide bonds. The van der Waals surface area contributed by atoms with Crippen LogP contribution in [0.2, 0.25) is 5.15 Å². The third-order valence-corrected chi connectivity index (χ3v) is 3.79. The van der Waals surface area contributed by atoms with E-state index in [0.717, 1.165) is 0 Å². The molecular formula is C15H14ClFN4O2. The molecule has 1 N–H and O–H groups in total. The molecule has 2 aromatic rings. The molecule has 0 saturated carbocycles. The number of hydrogen-bond acceptors (Lipinski definition) is 5. The lowest BCUT2D eigenvalue weighted by Crippen LogP contribution is -2.32. The fourth-order valence-corrected chi connectivity index (χ4v) is 2.72. The predicted molar refractivity (Wildman–Crippen MR) is 84.5 cm³/mol. The summed E-state index contributed by atoms with van der Waals surface area (Å²) < 4.78 is 19.3. The lowest BCUT2D eigenvalue weighted by molar-refractivity contribution is -0.117. The molecule has 0 radical (unpaired) electrons. The van der Waals surface area contributed by atoms with Crippen molar-refractivity contribution in [2.75, 3.05) is 30.4 Å². The molecular weight excluding hydrogens is 323 g/mol. The average Bonchev–Trinajstić information content (AvgIpc) is 2.86. The summed E-state index contributed by atoms with van der Waals surface area (Å²) in [5.41, 5.74) is 0.874. The minimum atomic E-state index is -0.434. The first-order valence-electron chi connectivity index (χ1n) is 6.97. The van der Waals surface area contributed by atoms with Crippen LogP contribution in [0.15, 0.2) is 24.5 Å². The molecule has 23 heavy (non-hydrogen) atoms. The second kappa shape index (κ2) is 6.37. The highest BCUT2D eigenvalue weighted by molar-refractivity contribution is 6.29. The van der Waals surface area contributed by atoms with Crippen molar-refractivity contribution in [3.8, 4) is 5.75 Å². The lowest BCUT2D eigenvalue weighted by Gasteiger charge is -2.19. The van der Waals surface area contributed by atoms with E-state index in [1.54, 1.807) is 6.07 Å². The van der Waals surface area contributed by atoms with Crippen LogP contribution in [0.5, 0.6) is 5.75 Å². The highest BCUT2D eigenvalue weighted by Crippen LogP contribution is 2.37. The molecule has 2 heterocycles. The Labute approximate surface area is 137 Å². The molecule has 0 unspecified atom stereocenters. The van der Waals surface area contributed by atoms with Crippen LogP contribution >= 0.6 is 11.6 Å². The van der Waals surface area contributed by atoms with Gasteiger partial charge in [0.2, 0.25) is 5.91 Å². The quantitative estimate of drug-likeness (QED) is 0.848. The van der Waals surface area contributed by atoms with Crippen LogP contribution < -0.4 is 15.0 Å². The van der Waals surface area contributed by atoms with E-state index in [9.17, 15) is 9.18 Å². The maximum atomic E-state index is 14.1. The van der Waals surface area contributed by atoms with E-state index in [1.165, 1.54) is 30.5 Å². The number of amides is 1. The summed E-state index contributed by atoms with van der Waals surface area (Å²) in [6, 6.07) is 4.41. The second-order valence-electron chi connectivity index (χ2n) is 4.95. The van der Waals surface area contributed by atoms with Gasteiger partial charge in [-0.15, -0.1) is 0 Å². The lowest BCUT2D eigenvalue weighted by atomic mass is 10.1. The highest BCUT2D eigenvalue weighted by atomic mass is 35.5. The fraction of sp³-hybridized carbons (Fsp3) is 0.267. The Bertz CT molecular complexity index is 756. The molecule has 0 bridgehead atoms. The predicted octanol–water partition coefficient (Wildman–Crippen LogP) is 2.28. The number of benzene rings is 1. The number of ether oxygens (including phenoxy) is 1. The van der Waals surface area contributed by atoms with Crippen LogP contribution in [0.1, 0.15) is 5.56 Å². The first kappa shape index (κ1) is 15.5. The van der Waals surface area contributed by atoms with Crippen LogP contribution in [-0.4, -0.2) is 36.1 Å². The molecule has 8 heteroatoms. The maximum Gasteiger partial charge on any atom is 0.231 e. The highest BCUT2D eigenvalue weighted by Gasteiger charge is 2.32. The molecule has 0 spiro atoms. The van der Waals surface area contributed by atoms with Gasteiger partial charge in [-0.3, -0.25) is 4.79 Å². The minimum absolute atomic E-state index is 0.135. The molecule has 0 atom stereocenters. The number of nitrogens with zero attached hydrogens (tertiary/aromatic N) is 3. The number of carbonyl (C=O) groups is 1. The summed E-state index contributed by atoms with van der Waals surface area (Å²) in [5, 5.41) is 3.35. The molecule has 6 nitrogen and oxygen atoms in total. The van der Waals surface area contributed by atoms with Gasteiger partial charge in [0.15, 0.2) is 0 Å². The number of hydrogen-bond donors (Lipinski definition) is 1. The smallest absolute Gasteiger partial charge is 0.231 e. The molecule has 1 aromatic heterocycles. The van der Waals surface area contributed by atoms with Crippen LogP contribution in [0.25, 0.3) is 0 Å². The normalized spacial score (nSPS) is 13.2. The van der Waals surface area contributed by atoms with Gasteiger partial charge in [-0.05, 0) is 12.1 Å². The number of carbonyl (C=O) groups excluding carboxylic acids is 1. The number of aromatic nitrogens is 2. The van der Waals surface area contributed by atoms with Gasteiger partial charge in [-0.2, -0.15) is 0 Å². The average molecular weight is 337 g/mol. The minimum Gasteiger partial charge on any atom is -0.496 e. The SMILES string of the molecule is COc1ccc(F)c2c1CC(=O)N2CCNc1cc(Cl)ncn1. The van der Waals surface area contributed by atoms with Crippen molar-refractivity contribution in [2.45, 2.75) is 6.42 Å². The molecule has 120 valence electrons. The Morgan fingerprint density at radius 1 is 1.43 bits per heavy atom. The summed E-state index contributed by atoms with van der Waals surface area (Å²) >= 11 is 5.78. The van der Waals surface area contributed by atoms with Crippen molar-refractivity contribution < 1.29 is 13.9 Å². The van der Waals surface area contributed by atoms with Gasteiger partial charge in [0, 0.05) is 24.7 Å².